The van der Waals surface area contributed by atoms with E-state index in [1.54, 1.807) is 4.57 Å². The van der Waals surface area contributed by atoms with Gasteiger partial charge in [0.2, 0.25) is 5.88 Å². The van der Waals surface area contributed by atoms with E-state index in [1.807, 2.05) is 30.3 Å². The zero-order valence-corrected chi connectivity index (χ0v) is 13.9. The third-order valence-corrected chi connectivity index (χ3v) is 4.37. The zero-order chi connectivity index (χ0) is 16.8. The SMILES string of the molecule is O=c1n(CCCCNCCOc2ccccc2)c(O)c2n1CCC2. The molecule has 0 atom stereocenters. The predicted molar refractivity (Wildman–Crippen MR) is 92.7 cm³/mol. The molecule has 0 bridgehead atoms. The van der Waals surface area contributed by atoms with Crippen molar-refractivity contribution in [2.75, 3.05) is 19.7 Å². The summed E-state index contributed by atoms with van der Waals surface area (Å²) in [4.78, 5) is 12.2. The molecule has 0 saturated heterocycles. The van der Waals surface area contributed by atoms with Gasteiger partial charge in [-0.15, -0.1) is 0 Å². The highest BCUT2D eigenvalue weighted by molar-refractivity contribution is 5.23. The highest BCUT2D eigenvalue weighted by Crippen LogP contribution is 2.23. The van der Waals surface area contributed by atoms with Crippen molar-refractivity contribution in [3.8, 4) is 11.6 Å². The van der Waals surface area contributed by atoms with Gasteiger partial charge in [-0.25, -0.2) is 4.79 Å². The van der Waals surface area contributed by atoms with Crippen molar-refractivity contribution in [3.63, 3.8) is 0 Å². The Morgan fingerprint density at radius 2 is 2.00 bits per heavy atom. The molecule has 1 aromatic heterocycles. The second kappa shape index (κ2) is 8.06. The normalized spacial score (nSPS) is 13.2. The Kier molecular flexibility index (Phi) is 5.59. The van der Waals surface area contributed by atoms with E-state index >= 15 is 0 Å². The molecule has 6 heteroatoms. The van der Waals surface area contributed by atoms with E-state index in [9.17, 15) is 9.90 Å². The van der Waals surface area contributed by atoms with Crippen molar-refractivity contribution >= 4 is 0 Å². The summed E-state index contributed by atoms with van der Waals surface area (Å²) in [7, 11) is 0. The molecule has 2 aromatic rings. The van der Waals surface area contributed by atoms with E-state index in [2.05, 4.69) is 5.32 Å². The molecular weight excluding hydrogens is 306 g/mol. The largest absolute Gasteiger partial charge is 0.493 e. The van der Waals surface area contributed by atoms with Crippen molar-refractivity contribution in [3.05, 3.63) is 46.5 Å². The third kappa shape index (κ3) is 3.82. The number of rotatable bonds is 9. The van der Waals surface area contributed by atoms with Crippen molar-refractivity contribution in [1.82, 2.24) is 14.5 Å². The Morgan fingerprint density at radius 1 is 1.17 bits per heavy atom. The molecule has 1 aliphatic rings. The van der Waals surface area contributed by atoms with Crippen LogP contribution >= 0.6 is 0 Å². The molecule has 0 unspecified atom stereocenters. The molecule has 1 aliphatic heterocycles. The topological polar surface area (TPSA) is 68.4 Å². The van der Waals surface area contributed by atoms with Gasteiger partial charge in [0.05, 0.1) is 5.69 Å². The van der Waals surface area contributed by atoms with Crippen LogP contribution in [0.5, 0.6) is 11.6 Å². The minimum atomic E-state index is -0.0655. The predicted octanol–water partition coefficient (Wildman–Crippen LogP) is 1.75. The Balaban J connectivity index is 1.30. The summed E-state index contributed by atoms with van der Waals surface area (Å²) in [6.07, 6.45) is 3.58. The first-order valence-corrected chi connectivity index (χ1v) is 8.67. The number of benzene rings is 1. The molecule has 0 fully saturated rings. The number of nitrogens with one attached hydrogen (secondary N) is 1. The zero-order valence-electron chi connectivity index (χ0n) is 13.9. The van der Waals surface area contributed by atoms with Gasteiger partial charge in [0.15, 0.2) is 0 Å². The molecule has 3 rings (SSSR count). The molecule has 1 aromatic carbocycles. The minimum absolute atomic E-state index is 0.0655. The summed E-state index contributed by atoms with van der Waals surface area (Å²) in [5.41, 5.74) is 0.736. The molecule has 24 heavy (non-hydrogen) atoms. The highest BCUT2D eigenvalue weighted by atomic mass is 16.5. The second-order valence-electron chi connectivity index (χ2n) is 6.08. The number of nitrogens with zero attached hydrogens (tertiary/aromatic N) is 2. The lowest BCUT2D eigenvalue weighted by Gasteiger charge is -2.08. The van der Waals surface area contributed by atoms with Gasteiger partial charge < -0.3 is 15.2 Å². The quantitative estimate of drug-likeness (QED) is 0.687. The van der Waals surface area contributed by atoms with Crippen LogP contribution in [-0.4, -0.2) is 33.9 Å². The molecule has 0 saturated carbocycles. The van der Waals surface area contributed by atoms with E-state index in [0.717, 1.165) is 56.8 Å². The number of unbranched alkanes of at least 4 members (excludes halogenated alkanes) is 1. The third-order valence-electron chi connectivity index (χ3n) is 4.37. The van der Waals surface area contributed by atoms with Gasteiger partial charge >= 0.3 is 5.69 Å². The van der Waals surface area contributed by atoms with Gasteiger partial charge in [-0.05, 0) is 44.4 Å². The minimum Gasteiger partial charge on any atom is -0.493 e. The fourth-order valence-corrected chi connectivity index (χ4v) is 3.11. The molecule has 0 aliphatic carbocycles. The summed E-state index contributed by atoms with van der Waals surface area (Å²) in [5.74, 6) is 1.05. The number of aromatic hydroxyl groups is 1. The van der Waals surface area contributed by atoms with E-state index in [-0.39, 0.29) is 11.6 Å². The number of aromatic nitrogens is 2. The molecule has 2 N–H and O–H groups in total. The lowest BCUT2D eigenvalue weighted by molar-refractivity contribution is 0.313. The van der Waals surface area contributed by atoms with Crippen molar-refractivity contribution in [1.29, 1.82) is 0 Å². The van der Waals surface area contributed by atoms with Gasteiger partial charge in [0.1, 0.15) is 12.4 Å². The summed E-state index contributed by atoms with van der Waals surface area (Å²) in [5, 5.41) is 13.5. The van der Waals surface area contributed by atoms with E-state index in [4.69, 9.17) is 4.74 Å². The molecule has 130 valence electrons. The molecule has 2 heterocycles. The van der Waals surface area contributed by atoms with E-state index in [0.29, 0.717) is 13.2 Å². The van der Waals surface area contributed by atoms with Gasteiger partial charge in [0, 0.05) is 19.6 Å². The molecule has 6 nitrogen and oxygen atoms in total. The summed E-state index contributed by atoms with van der Waals surface area (Å²) in [6, 6.07) is 9.77. The average Bonchev–Trinajstić information content (AvgIpc) is 3.17. The standard InChI is InChI=1S/C18H25N3O3/c22-17-16-9-6-13-20(16)18(23)21(17)12-5-4-10-19-11-14-24-15-7-2-1-3-8-15/h1-3,7-8,19,22H,4-6,9-14H2. The lowest BCUT2D eigenvalue weighted by Crippen LogP contribution is -2.25. The smallest absolute Gasteiger partial charge is 0.331 e. The van der Waals surface area contributed by atoms with E-state index in [1.165, 1.54) is 4.57 Å². The monoisotopic (exact) mass is 331 g/mol. The fourth-order valence-electron chi connectivity index (χ4n) is 3.11. The maximum absolute atomic E-state index is 12.2. The van der Waals surface area contributed by atoms with Crippen molar-refractivity contribution in [2.24, 2.45) is 0 Å². The number of hydrogen-bond donors (Lipinski definition) is 2. The van der Waals surface area contributed by atoms with Crippen LogP contribution in [-0.2, 0) is 19.5 Å². The molecular formula is C18H25N3O3. The van der Waals surface area contributed by atoms with Gasteiger partial charge in [-0.1, -0.05) is 18.2 Å². The van der Waals surface area contributed by atoms with E-state index < -0.39 is 0 Å². The van der Waals surface area contributed by atoms with Gasteiger partial charge in [-0.3, -0.25) is 9.13 Å². The highest BCUT2D eigenvalue weighted by Gasteiger charge is 2.22. The lowest BCUT2D eigenvalue weighted by atomic mass is 10.3. The number of imidazole rings is 1. The van der Waals surface area contributed by atoms with Crippen molar-refractivity contribution in [2.45, 2.75) is 38.8 Å². The Hall–Kier alpha value is -2.21. The van der Waals surface area contributed by atoms with Crippen LogP contribution in [0.25, 0.3) is 0 Å². The second-order valence-corrected chi connectivity index (χ2v) is 6.08. The van der Waals surface area contributed by atoms with Crippen LogP contribution in [0, 0.1) is 0 Å². The van der Waals surface area contributed by atoms with Crippen LogP contribution in [0.1, 0.15) is 25.0 Å². The van der Waals surface area contributed by atoms with Crippen LogP contribution < -0.4 is 15.7 Å². The Bertz CT molecular complexity index is 706. The first kappa shape index (κ1) is 16.6. The molecule has 0 radical (unpaired) electrons. The Morgan fingerprint density at radius 3 is 2.79 bits per heavy atom. The van der Waals surface area contributed by atoms with Crippen LogP contribution in [0.2, 0.25) is 0 Å². The maximum Gasteiger partial charge on any atom is 0.331 e. The first-order valence-electron chi connectivity index (χ1n) is 8.67. The van der Waals surface area contributed by atoms with Crippen LogP contribution in [0.4, 0.5) is 0 Å². The average molecular weight is 331 g/mol. The summed E-state index contributed by atoms with van der Waals surface area (Å²) < 4.78 is 8.81. The Labute approximate surface area is 141 Å². The van der Waals surface area contributed by atoms with Crippen LogP contribution in [0.3, 0.4) is 0 Å². The van der Waals surface area contributed by atoms with Crippen LogP contribution in [0.15, 0.2) is 35.1 Å². The number of fused-ring (bicyclic) bond motifs is 1. The number of ether oxygens (including phenoxy) is 1. The van der Waals surface area contributed by atoms with Gasteiger partial charge in [-0.2, -0.15) is 0 Å². The molecule has 0 amide bonds. The fraction of sp³-hybridized carbons (Fsp3) is 0.500. The van der Waals surface area contributed by atoms with Crippen molar-refractivity contribution < 1.29 is 9.84 Å². The maximum atomic E-state index is 12.2. The summed E-state index contributed by atoms with van der Waals surface area (Å²) in [6.45, 7) is 3.61. The summed E-state index contributed by atoms with van der Waals surface area (Å²) >= 11 is 0. The number of para-hydroxylation sites is 1. The van der Waals surface area contributed by atoms with Gasteiger partial charge in [0.25, 0.3) is 0 Å². The number of hydrogen-bond acceptors (Lipinski definition) is 4. The molecule has 0 spiro atoms. The first-order chi connectivity index (χ1) is 11.8.